The quantitative estimate of drug-likeness (QED) is 0.402. The van der Waals surface area contributed by atoms with E-state index in [0.717, 1.165) is 18.2 Å². The molecule has 0 radical (unpaired) electrons. The van der Waals surface area contributed by atoms with Crippen molar-refractivity contribution in [2.24, 2.45) is 5.92 Å². The molecule has 200 valence electrons. The Labute approximate surface area is 217 Å². The van der Waals surface area contributed by atoms with Crippen LogP contribution in [0.15, 0.2) is 36.4 Å². The minimum Gasteiger partial charge on any atom is -0.598 e. The van der Waals surface area contributed by atoms with Gasteiger partial charge in [-0.1, -0.05) is 18.2 Å². The molecule has 2 bridgehead atoms. The zero-order valence-corrected chi connectivity index (χ0v) is 22.0. The first kappa shape index (κ1) is 27.5. The summed E-state index contributed by atoms with van der Waals surface area (Å²) >= 11 is -1.35. The van der Waals surface area contributed by atoms with Crippen molar-refractivity contribution in [2.75, 3.05) is 5.75 Å². The molecule has 2 aromatic carbocycles. The molecular weight excluding hydrogens is 505 g/mol. The van der Waals surface area contributed by atoms with Gasteiger partial charge in [0.2, 0.25) is 0 Å². The number of rotatable bonds is 8. The molecule has 2 heterocycles. The van der Waals surface area contributed by atoms with Crippen molar-refractivity contribution in [1.82, 2.24) is 9.62 Å². The standard InChI is InChI=1S/C27H31F3N2O4S/c1-5-37(35)31-25-18-11-21(12-18)32(26(34)27(3,4)36-15(2)33)23(25)13-16-7-6-8-22(24(16)30)17-9-19(28)14-20(29)10-17/h6-10,14,18,21,23,25,31H,5,11-13H2,1-4H3/t18?,21?,23-,25-,37?/m0/s1. The molecule has 1 amide bonds. The van der Waals surface area contributed by atoms with Crippen LogP contribution < -0.4 is 4.72 Å². The van der Waals surface area contributed by atoms with Crippen LogP contribution in [0.25, 0.3) is 11.1 Å². The monoisotopic (exact) mass is 536 g/mol. The largest absolute Gasteiger partial charge is 0.598 e. The molecule has 2 aliphatic heterocycles. The molecule has 0 aromatic heterocycles. The van der Waals surface area contributed by atoms with Crippen LogP contribution >= 0.6 is 0 Å². The number of benzene rings is 2. The summed E-state index contributed by atoms with van der Waals surface area (Å²) in [4.78, 5) is 27.0. The molecule has 3 atom stereocenters. The first-order valence-corrected chi connectivity index (χ1v) is 13.6. The van der Waals surface area contributed by atoms with Crippen LogP contribution in [0.1, 0.15) is 46.1 Å². The maximum Gasteiger partial charge on any atom is 0.303 e. The normalized spacial score (nSPS) is 23.8. The number of halogens is 3. The topological polar surface area (TPSA) is 81.7 Å². The summed E-state index contributed by atoms with van der Waals surface area (Å²) in [5.41, 5.74) is -1.09. The van der Waals surface area contributed by atoms with E-state index in [9.17, 15) is 22.9 Å². The van der Waals surface area contributed by atoms with Crippen LogP contribution in [0.5, 0.6) is 0 Å². The number of carbonyl (C=O) groups is 2. The van der Waals surface area contributed by atoms with Gasteiger partial charge in [0.1, 0.15) is 23.2 Å². The van der Waals surface area contributed by atoms with Gasteiger partial charge in [-0.15, -0.1) is 4.72 Å². The Morgan fingerprint density at radius 3 is 2.41 bits per heavy atom. The number of nitrogens with zero attached hydrogens (tertiary/aromatic N) is 1. The molecule has 1 unspecified atom stereocenters. The molecule has 3 aliphatic rings. The second kappa shape index (κ2) is 10.7. The van der Waals surface area contributed by atoms with E-state index < -0.39 is 52.3 Å². The van der Waals surface area contributed by atoms with Crippen molar-refractivity contribution in [3.63, 3.8) is 0 Å². The van der Waals surface area contributed by atoms with E-state index >= 15 is 4.39 Å². The van der Waals surface area contributed by atoms with Gasteiger partial charge in [0.05, 0.1) is 12.1 Å². The summed E-state index contributed by atoms with van der Waals surface area (Å²) in [6, 6.07) is 6.39. The van der Waals surface area contributed by atoms with Gasteiger partial charge in [0.25, 0.3) is 5.91 Å². The number of hydrogen-bond donors (Lipinski definition) is 1. The number of nitrogens with one attached hydrogen (secondary N) is 1. The lowest BCUT2D eigenvalue weighted by atomic mass is 9.66. The van der Waals surface area contributed by atoms with E-state index in [1.807, 2.05) is 0 Å². The van der Waals surface area contributed by atoms with Crippen LogP contribution in [0.3, 0.4) is 0 Å². The first-order valence-electron chi connectivity index (χ1n) is 12.3. The van der Waals surface area contributed by atoms with Gasteiger partial charge in [-0.05, 0) is 69.2 Å². The molecular formula is C27H31F3N2O4S. The number of fused-ring (bicyclic) bond motifs is 2. The molecule has 1 saturated carbocycles. The van der Waals surface area contributed by atoms with Crippen molar-refractivity contribution >= 4 is 23.2 Å². The van der Waals surface area contributed by atoms with Gasteiger partial charge < -0.3 is 14.2 Å². The SMILES string of the molecule is CC[S+]([O-])N[C@H]1C2CC(C2)N(C(=O)C(C)(C)OC(C)=O)[C@H]1Cc1cccc(-c2cc(F)cc(F)c2)c1F. The van der Waals surface area contributed by atoms with Crippen LogP contribution in [-0.4, -0.2) is 50.8 Å². The maximum atomic E-state index is 15.8. The van der Waals surface area contributed by atoms with Gasteiger partial charge in [-0.3, -0.25) is 9.59 Å². The number of carbonyl (C=O) groups excluding carboxylic acids is 2. The van der Waals surface area contributed by atoms with E-state index in [1.54, 1.807) is 24.0 Å². The zero-order valence-electron chi connectivity index (χ0n) is 21.2. The van der Waals surface area contributed by atoms with E-state index in [2.05, 4.69) is 4.72 Å². The van der Waals surface area contributed by atoms with Gasteiger partial charge in [-0.25, -0.2) is 13.2 Å². The molecule has 2 saturated heterocycles. The van der Waals surface area contributed by atoms with Crippen molar-refractivity contribution < 1.29 is 32.0 Å². The Kier molecular flexibility index (Phi) is 7.92. The molecule has 37 heavy (non-hydrogen) atoms. The van der Waals surface area contributed by atoms with Gasteiger partial charge in [-0.2, -0.15) is 0 Å². The van der Waals surface area contributed by atoms with Crippen LogP contribution in [0.4, 0.5) is 13.2 Å². The lowest BCUT2D eigenvalue weighted by Crippen LogP contribution is -2.72. The van der Waals surface area contributed by atoms with Gasteiger partial charge >= 0.3 is 5.97 Å². The van der Waals surface area contributed by atoms with E-state index in [4.69, 9.17) is 4.74 Å². The number of hydrogen-bond acceptors (Lipinski definition) is 5. The van der Waals surface area contributed by atoms with Crippen molar-refractivity contribution in [2.45, 2.75) is 70.7 Å². The lowest BCUT2D eigenvalue weighted by Gasteiger charge is -2.58. The highest BCUT2D eigenvalue weighted by atomic mass is 32.2. The minimum atomic E-state index is -1.44. The Balaban J connectivity index is 1.72. The number of piperidine rings is 2. The van der Waals surface area contributed by atoms with E-state index in [0.29, 0.717) is 18.6 Å². The van der Waals surface area contributed by atoms with Crippen LogP contribution in [-0.2, 0) is 32.1 Å². The summed E-state index contributed by atoms with van der Waals surface area (Å²) in [5.74, 6) is -2.77. The average Bonchev–Trinajstić information content (AvgIpc) is 2.78. The lowest BCUT2D eigenvalue weighted by molar-refractivity contribution is -0.179. The second-order valence-corrected chi connectivity index (χ2v) is 11.7. The van der Waals surface area contributed by atoms with Gasteiger partial charge in [0, 0.05) is 36.0 Å². The molecule has 3 fully saturated rings. The highest BCUT2D eigenvalue weighted by Crippen LogP contribution is 2.45. The maximum absolute atomic E-state index is 15.8. The number of esters is 1. The minimum absolute atomic E-state index is 0.0385. The summed E-state index contributed by atoms with van der Waals surface area (Å²) in [7, 11) is 0. The van der Waals surface area contributed by atoms with E-state index in [-0.39, 0.29) is 41.1 Å². The number of amides is 1. The smallest absolute Gasteiger partial charge is 0.303 e. The Morgan fingerprint density at radius 1 is 1.16 bits per heavy atom. The average molecular weight is 537 g/mol. The molecule has 5 rings (SSSR count). The predicted molar refractivity (Wildman–Crippen MR) is 134 cm³/mol. The van der Waals surface area contributed by atoms with E-state index in [1.165, 1.54) is 26.8 Å². The Hall–Kier alpha value is -2.56. The summed E-state index contributed by atoms with van der Waals surface area (Å²) in [6.45, 7) is 6.04. The fourth-order valence-electron chi connectivity index (χ4n) is 5.47. The van der Waals surface area contributed by atoms with Crippen molar-refractivity contribution in [3.05, 3.63) is 59.4 Å². The highest BCUT2D eigenvalue weighted by Gasteiger charge is 2.56. The fraction of sp³-hybridized carbons (Fsp3) is 0.481. The molecule has 10 heteroatoms. The summed E-state index contributed by atoms with van der Waals surface area (Å²) < 4.78 is 64.4. The number of ether oxygens (including phenoxy) is 1. The fourth-order valence-corrected chi connectivity index (χ4v) is 6.29. The molecule has 0 spiro atoms. The predicted octanol–water partition coefficient (Wildman–Crippen LogP) is 4.29. The van der Waals surface area contributed by atoms with Crippen LogP contribution in [0, 0.1) is 23.4 Å². The Bertz CT molecular complexity index is 1170. The molecule has 1 aliphatic carbocycles. The third-order valence-corrected chi connectivity index (χ3v) is 8.24. The van der Waals surface area contributed by atoms with Gasteiger partial charge in [0.15, 0.2) is 5.60 Å². The molecule has 6 nitrogen and oxygen atoms in total. The van der Waals surface area contributed by atoms with Crippen LogP contribution in [0.2, 0.25) is 0 Å². The van der Waals surface area contributed by atoms with Crippen molar-refractivity contribution in [3.8, 4) is 11.1 Å². The molecule has 2 aromatic rings. The third-order valence-electron chi connectivity index (χ3n) is 7.18. The third kappa shape index (κ3) is 5.66. The summed E-state index contributed by atoms with van der Waals surface area (Å²) in [5, 5.41) is 0. The highest BCUT2D eigenvalue weighted by molar-refractivity contribution is 7.89. The zero-order chi connectivity index (χ0) is 27.1. The first-order chi connectivity index (χ1) is 17.4. The van der Waals surface area contributed by atoms with Crippen molar-refractivity contribution in [1.29, 1.82) is 0 Å². The second-order valence-electron chi connectivity index (χ2n) is 10.2. The summed E-state index contributed by atoms with van der Waals surface area (Å²) in [6.07, 6.45) is 1.47. The molecule has 1 N–H and O–H groups in total. The Morgan fingerprint density at radius 2 is 1.81 bits per heavy atom.